The van der Waals surface area contributed by atoms with Gasteiger partial charge in [0, 0.05) is 56.5 Å². The van der Waals surface area contributed by atoms with Gasteiger partial charge < -0.3 is 25.4 Å². The molecule has 2 aliphatic rings. The summed E-state index contributed by atoms with van der Waals surface area (Å²) < 4.78 is 1.91. The number of amides is 1. The maximum atomic E-state index is 12.1. The van der Waals surface area contributed by atoms with Gasteiger partial charge in [0.15, 0.2) is 0 Å². The Kier molecular flexibility index (Phi) is 3.98. The first-order valence-corrected chi connectivity index (χ1v) is 6.73. The van der Waals surface area contributed by atoms with Crippen molar-refractivity contribution in [2.45, 2.75) is 37.6 Å². The van der Waals surface area contributed by atoms with Crippen LogP contribution in [0.2, 0.25) is 0 Å². The molecule has 2 aromatic heterocycles. The molecule has 4 rings (SSSR count). The third kappa shape index (κ3) is 2.37. The Labute approximate surface area is 146 Å². The number of carbonyl (C=O) groups excluding carboxylic acids is 1. The van der Waals surface area contributed by atoms with Crippen molar-refractivity contribution in [3.63, 3.8) is 0 Å². The molecule has 1 aliphatic carbocycles. The SMILES string of the molecule is O=C1Cc2cnc(NO)c3[c-]nc(n23)[C@@H]2CCC(C2)N1.[Y]. The Morgan fingerprint density at radius 1 is 1.48 bits per heavy atom. The smallest absolute Gasteiger partial charge is 0.226 e. The maximum Gasteiger partial charge on any atom is 0.226 e. The number of carbonyl (C=O) groups is 1. The van der Waals surface area contributed by atoms with E-state index in [1.807, 2.05) is 4.40 Å². The predicted octanol–water partition coefficient (Wildman–Crippen LogP) is 0.636. The fourth-order valence-corrected chi connectivity index (χ4v) is 3.30. The summed E-state index contributed by atoms with van der Waals surface area (Å²) in [5, 5.41) is 12.2. The third-order valence-electron chi connectivity index (χ3n) is 4.19. The minimum Gasteiger partial charge on any atom is -0.371 e. The van der Waals surface area contributed by atoms with Gasteiger partial charge in [0.05, 0.1) is 12.2 Å². The zero-order valence-corrected chi connectivity index (χ0v) is 14.2. The second kappa shape index (κ2) is 5.63. The van der Waals surface area contributed by atoms with E-state index in [1.165, 1.54) is 0 Å². The standard InChI is InChI=1S/C13H14N5O2.Y/c19-11-4-9-5-14-12(17-20)10-6-15-13(18(9)10)7-1-2-8(3-7)16-11;/h5,7-8,20H,1-4H2,(H,14,17)(H,16,19);/q-1;/t7-,8?;/m1./s1. The van der Waals surface area contributed by atoms with Crippen molar-refractivity contribution in [3.05, 3.63) is 23.9 Å². The second-order valence-electron chi connectivity index (χ2n) is 5.43. The minimum atomic E-state index is 0. The van der Waals surface area contributed by atoms with Crippen molar-refractivity contribution >= 4 is 17.2 Å². The Morgan fingerprint density at radius 3 is 3.14 bits per heavy atom. The molecule has 1 saturated carbocycles. The Balaban J connectivity index is 0.00000132. The zero-order chi connectivity index (χ0) is 13.7. The number of nitrogens with one attached hydrogen (secondary N) is 2. The fourth-order valence-electron chi connectivity index (χ4n) is 3.30. The summed E-state index contributed by atoms with van der Waals surface area (Å²) in [5.74, 6) is 1.53. The molecule has 0 saturated heterocycles. The molecule has 3 N–H and O–H groups in total. The van der Waals surface area contributed by atoms with E-state index >= 15 is 0 Å². The quantitative estimate of drug-likeness (QED) is 0.512. The molecule has 1 fully saturated rings. The van der Waals surface area contributed by atoms with Crippen LogP contribution in [0.4, 0.5) is 5.82 Å². The molecule has 107 valence electrons. The van der Waals surface area contributed by atoms with Crippen LogP contribution in [-0.2, 0) is 43.9 Å². The summed E-state index contributed by atoms with van der Waals surface area (Å²) in [4.78, 5) is 20.6. The van der Waals surface area contributed by atoms with E-state index in [0.717, 1.165) is 30.8 Å². The van der Waals surface area contributed by atoms with Gasteiger partial charge in [0.1, 0.15) is 0 Å². The maximum absolute atomic E-state index is 12.1. The average molecular weight is 361 g/mol. The minimum absolute atomic E-state index is 0. The number of imidazole rings is 1. The molecular formula is C13H14N5O2Y-. The van der Waals surface area contributed by atoms with Gasteiger partial charge in [-0.15, -0.1) is 0 Å². The van der Waals surface area contributed by atoms with Gasteiger partial charge >= 0.3 is 0 Å². The summed E-state index contributed by atoms with van der Waals surface area (Å²) in [6.07, 6.45) is 7.66. The normalized spacial score (nSPS) is 23.8. The van der Waals surface area contributed by atoms with E-state index < -0.39 is 0 Å². The van der Waals surface area contributed by atoms with Crippen molar-refractivity contribution in [2.75, 3.05) is 5.48 Å². The van der Waals surface area contributed by atoms with Crippen molar-refractivity contribution in [1.82, 2.24) is 19.7 Å². The van der Waals surface area contributed by atoms with Crippen LogP contribution in [-0.4, -0.2) is 31.5 Å². The first kappa shape index (κ1) is 14.9. The van der Waals surface area contributed by atoms with Gasteiger partial charge in [-0.2, -0.15) is 0 Å². The number of fused-ring (bicyclic) bond motifs is 3. The number of aromatic nitrogens is 3. The molecule has 2 aromatic rings. The summed E-state index contributed by atoms with van der Waals surface area (Å²) in [6.45, 7) is 0. The Hall–Kier alpha value is -1.05. The van der Waals surface area contributed by atoms with Gasteiger partial charge in [-0.3, -0.25) is 9.78 Å². The predicted molar refractivity (Wildman–Crippen MR) is 69.5 cm³/mol. The van der Waals surface area contributed by atoms with E-state index in [9.17, 15) is 4.79 Å². The monoisotopic (exact) mass is 361 g/mol. The zero-order valence-electron chi connectivity index (χ0n) is 11.3. The van der Waals surface area contributed by atoms with E-state index in [-0.39, 0.29) is 51.1 Å². The van der Waals surface area contributed by atoms with Gasteiger partial charge in [-0.1, -0.05) is 12.6 Å². The van der Waals surface area contributed by atoms with Crippen LogP contribution in [0.25, 0.3) is 5.52 Å². The van der Waals surface area contributed by atoms with Gasteiger partial charge in [0.2, 0.25) is 5.91 Å². The first-order chi connectivity index (χ1) is 9.76. The van der Waals surface area contributed by atoms with Gasteiger partial charge in [0.25, 0.3) is 0 Å². The Morgan fingerprint density at radius 2 is 2.33 bits per heavy atom. The van der Waals surface area contributed by atoms with Crippen molar-refractivity contribution in [3.8, 4) is 0 Å². The van der Waals surface area contributed by atoms with Crippen LogP contribution in [0.3, 0.4) is 0 Å². The molecule has 1 amide bonds. The molecule has 21 heavy (non-hydrogen) atoms. The molecular weight excluding hydrogens is 347 g/mol. The molecule has 0 aromatic carbocycles. The van der Waals surface area contributed by atoms with Crippen LogP contribution in [0, 0.1) is 6.20 Å². The van der Waals surface area contributed by atoms with Crippen molar-refractivity contribution in [2.24, 2.45) is 0 Å². The number of nitrogens with zero attached hydrogens (tertiary/aromatic N) is 3. The first-order valence-electron chi connectivity index (χ1n) is 6.73. The molecule has 2 bridgehead atoms. The van der Waals surface area contributed by atoms with Crippen molar-refractivity contribution in [1.29, 1.82) is 0 Å². The molecule has 2 atom stereocenters. The average Bonchev–Trinajstić information content (AvgIpc) is 3.05. The number of rotatable bonds is 1. The second-order valence-corrected chi connectivity index (χ2v) is 5.43. The summed E-state index contributed by atoms with van der Waals surface area (Å²) in [5.41, 5.74) is 3.41. The molecule has 1 radical (unpaired) electrons. The van der Waals surface area contributed by atoms with Crippen LogP contribution >= 0.6 is 0 Å². The van der Waals surface area contributed by atoms with Crippen LogP contribution in [0.5, 0.6) is 0 Å². The fraction of sp³-hybridized carbons (Fsp3) is 0.462. The largest absolute Gasteiger partial charge is 0.371 e. The summed E-state index contributed by atoms with van der Waals surface area (Å²) in [6, 6.07) is 0.234. The van der Waals surface area contributed by atoms with E-state index in [1.54, 1.807) is 6.20 Å². The van der Waals surface area contributed by atoms with Crippen LogP contribution < -0.4 is 10.8 Å². The molecule has 8 heteroatoms. The van der Waals surface area contributed by atoms with Crippen LogP contribution in [0.1, 0.15) is 36.7 Å². The number of hydrogen-bond acceptors (Lipinski definition) is 5. The van der Waals surface area contributed by atoms with E-state index in [4.69, 9.17) is 5.21 Å². The molecule has 1 unspecified atom stereocenters. The molecule has 7 nitrogen and oxygen atoms in total. The van der Waals surface area contributed by atoms with Gasteiger partial charge in [-0.25, -0.2) is 0 Å². The van der Waals surface area contributed by atoms with Gasteiger partial charge in [-0.05, 0) is 24.3 Å². The van der Waals surface area contributed by atoms with E-state index in [2.05, 4.69) is 27.0 Å². The van der Waals surface area contributed by atoms with Crippen molar-refractivity contribution < 1.29 is 42.7 Å². The third-order valence-corrected chi connectivity index (χ3v) is 4.19. The number of hydrogen-bond donors (Lipinski definition) is 3. The van der Waals surface area contributed by atoms with Crippen LogP contribution in [0.15, 0.2) is 6.20 Å². The molecule has 0 spiro atoms. The molecule has 1 aliphatic heterocycles. The van der Waals surface area contributed by atoms with E-state index in [0.29, 0.717) is 17.3 Å². The molecule has 3 heterocycles. The number of anilines is 1. The Bertz CT molecular complexity index is 701. The summed E-state index contributed by atoms with van der Waals surface area (Å²) in [7, 11) is 0. The topological polar surface area (TPSA) is 91.5 Å². The summed E-state index contributed by atoms with van der Waals surface area (Å²) >= 11 is 0.